The molecule has 0 aromatic heterocycles. The van der Waals surface area contributed by atoms with Crippen molar-refractivity contribution in [3.8, 4) is 11.5 Å². The number of benzene rings is 3. The molecule has 7 nitrogen and oxygen atoms in total. The maximum atomic E-state index is 13.5. The molecule has 3 aromatic carbocycles. The summed E-state index contributed by atoms with van der Waals surface area (Å²) in [5.41, 5.74) is 2.74. The van der Waals surface area contributed by atoms with Crippen molar-refractivity contribution in [3.05, 3.63) is 95.6 Å². The van der Waals surface area contributed by atoms with Gasteiger partial charge < -0.3 is 24.4 Å². The first-order valence-electron chi connectivity index (χ1n) is 11.1. The smallest absolute Gasteiger partial charge is 0.325 e. The van der Waals surface area contributed by atoms with Crippen molar-refractivity contribution in [1.82, 2.24) is 10.2 Å². The molecule has 0 aliphatic carbocycles. The quantitative estimate of drug-likeness (QED) is 0.447. The molecule has 7 heteroatoms. The highest BCUT2D eigenvalue weighted by atomic mass is 16.5. The lowest BCUT2D eigenvalue weighted by atomic mass is 9.96. The number of nitrogens with one attached hydrogen (secondary N) is 1. The number of rotatable bonds is 10. The number of hydrogen-bond donors (Lipinski definition) is 1. The van der Waals surface area contributed by atoms with Gasteiger partial charge in [-0.15, -0.1) is 0 Å². The van der Waals surface area contributed by atoms with Gasteiger partial charge in [0.05, 0.1) is 26.9 Å². The fraction of sp³-hybridized carbons (Fsp3) is 0.259. The van der Waals surface area contributed by atoms with Gasteiger partial charge in [0.25, 0.3) is 0 Å². The van der Waals surface area contributed by atoms with E-state index in [1.165, 1.54) is 0 Å². The zero-order valence-corrected chi connectivity index (χ0v) is 19.7. The Bertz CT molecular complexity index is 1030. The van der Waals surface area contributed by atoms with Crippen LogP contribution in [-0.2, 0) is 16.1 Å². The average molecular weight is 463 g/mol. The number of carbonyl (C=O) groups is 2. The van der Waals surface area contributed by atoms with Gasteiger partial charge in [-0.2, -0.15) is 0 Å². The lowest BCUT2D eigenvalue weighted by Crippen LogP contribution is -2.44. The number of esters is 1. The molecule has 0 unspecified atom stereocenters. The first-order chi connectivity index (χ1) is 16.6. The Labute approximate surface area is 200 Å². The van der Waals surface area contributed by atoms with E-state index in [-0.39, 0.29) is 25.7 Å². The molecule has 2 amide bonds. The summed E-state index contributed by atoms with van der Waals surface area (Å²) >= 11 is 0. The Hall–Kier alpha value is -4.00. The third-order valence-electron chi connectivity index (χ3n) is 5.29. The summed E-state index contributed by atoms with van der Waals surface area (Å²) in [6.45, 7) is 2.03. The summed E-state index contributed by atoms with van der Waals surface area (Å²) < 4.78 is 15.8. The van der Waals surface area contributed by atoms with Crippen molar-refractivity contribution in [2.75, 3.05) is 27.4 Å². The molecule has 0 atom stereocenters. The standard InChI is InChI=1S/C27H30N2O5/c1-4-34-25(30)18-28-27(31)29(19-20-15-16-23(32-2)24(17-20)33-3)26(21-11-7-5-8-12-21)22-13-9-6-10-14-22/h5-17,26H,4,18-19H2,1-3H3,(H,28,31). The van der Waals surface area contributed by atoms with Crippen molar-refractivity contribution in [3.63, 3.8) is 0 Å². The van der Waals surface area contributed by atoms with E-state index >= 15 is 0 Å². The number of urea groups is 1. The largest absolute Gasteiger partial charge is 0.493 e. The summed E-state index contributed by atoms with van der Waals surface area (Å²) in [5.74, 6) is 0.688. The molecule has 0 aliphatic rings. The van der Waals surface area contributed by atoms with Crippen molar-refractivity contribution >= 4 is 12.0 Å². The monoisotopic (exact) mass is 462 g/mol. The van der Waals surface area contributed by atoms with E-state index in [1.807, 2.05) is 78.9 Å². The van der Waals surface area contributed by atoms with Crippen LogP contribution in [0.25, 0.3) is 0 Å². The normalized spacial score (nSPS) is 10.5. The molecule has 34 heavy (non-hydrogen) atoms. The van der Waals surface area contributed by atoms with Gasteiger partial charge in [-0.05, 0) is 35.7 Å². The summed E-state index contributed by atoms with van der Waals surface area (Å²) in [6, 6.07) is 24.3. The van der Waals surface area contributed by atoms with Crippen LogP contribution in [0.15, 0.2) is 78.9 Å². The molecule has 0 saturated heterocycles. The van der Waals surface area contributed by atoms with E-state index in [2.05, 4.69) is 5.32 Å². The molecule has 0 radical (unpaired) electrons. The molecule has 0 saturated carbocycles. The summed E-state index contributed by atoms with van der Waals surface area (Å²) in [7, 11) is 3.15. The number of ether oxygens (including phenoxy) is 3. The minimum Gasteiger partial charge on any atom is -0.493 e. The highest BCUT2D eigenvalue weighted by molar-refractivity contribution is 5.81. The number of carbonyl (C=O) groups excluding carboxylic acids is 2. The highest BCUT2D eigenvalue weighted by Gasteiger charge is 2.27. The van der Waals surface area contributed by atoms with Crippen molar-refractivity contribution < 1.29 is 23.8 Å². The van der Waals surface area contributed by atoms with Gasteiger partial charge >= 0.3 is 12.0 Å². The second kappa shape index (κ2) is 12.3. The van der Waals surface area contributed by atoms with Gasteiger partial charge in [-0.3, -0.25) is 4.79 Å². The molecule has 178 valence electrons. The molecule has 3 aromatic rings. The van der Waals surface area contributed by atoms with Crippen molar-refractivity contribution in [2.24, 2.45) is 0 Å². The third kappa shape index (κ3) is 6.28. The summed E-state index contributed by atoms with van der Waals surface area (Å²) in [4.78, 5) is 27.1. The molecular formula is C27H30N2O5. The molecule has 0 fully saturated rings. The van der Waals surface area contributed by atoms with Crippen LogP contribution in [0.1, 0.15) is 29.7 Å². The van der Waals surface area contributed by atoms with Crippen molar-refractivity contribution in [1.29, 1.82) is 0 Å². The third-order valence-corrected chi connectivity index (χ3v) is 5.29. The SMILES string of the molecule is CCOC(=O)CNC(=O)N(Cc1ccc(OC)c(OC)c1)C(c1ccccc1)c1ccccc1. The Morgan fingerprint density at radius 3 is 1.97 bits per heavy atom. The van der Waals surface area contributed by atoms with Crippen LogP contribution in [0, 0.1) is 0 Å². The van der Waals surface area contributed by atoms with Crippen molar-refractivity contribution in [2.45, 2.75) is 19.5 Å². The Morgan fingerprint density at radius 1 is 0.853 bits per heavy atom. The van der Waals surface area contributed by atoms with E-state index < -0.39 is 12.0 Å². The molecule has 0 aliphatic heterocycles. The number of amides is 2. The van der Waals surface area contributed by atoms with Gasteiger partial charge in [0.1, 0.15) is 6.54 Å². The molecule has 0 bridgehead atoms. The van der Waals surface area contributed by atoms with Gasteiger partial charge in [0, 0.05) is 6.54 Å². The average Bonchev–Trinajstić information content (AvgIpc) is 2.88. The number of hydrogen-bond acceptors (Lipinski definition) is 5. The first-order valence-corrected chi connectivity index (χ1v) is 11.1. The zero-order valence-electron chi connectivity index (χ0n) is 19.7. The number of nitrogens with zero attached hydrogens (tertiary/aromatic N) is 1. The summed E-state index contributed by atoms with van der Waals surface area (Å²) in [5, 5.41) is 2.72. The maximum absolute atomic E-state index is 13.5. The van der Waals surface area contributed by atoms with E-state index in [0.29, 0.717) is 11.5 Å². The molecule has 3 rings (SSSR count). The Balaban J connectivity index is 2.01. The van der Waals surface area contributed by atoms with E-state index in [1.54, 1.807) is 26.0 Å². The second-order valence-corrected chi connectivity index (χ2v) is 7.50. The predicted molar refractivity (Wildman–Crippen MR) is 130 cm³/mol. The topological polar surface area (TPSA) is 77.1 Å². The minimum atomic E-state index is -0.488. The molecule has 0 heterocycles. The predicted octanol–water partition coefficient (Wildman–Crippen LogP) is 4.57. The van der Waals surface area contributed by atoms with E-state index in [9.17, 15) is 9.59 Å². The van der Waals surface area contributed by atoms with Gasteiger partial charge in [0.2, 0.25) is 0 Å². The van der Waals surface area contributed by atoms with Crippen LogP contribution in [0.4, 0.5) is 4.79 Å². The maximum Gasteiger partial charge on any atom is 0.325 e. The Morgan fingerprint density at radius 2 is 1.44 bits per heavy atom. The number of methoxy groups -OCH3 is 2. The van der Waals surface area contributed by atoms with Crippen LogP contribution in [0.2, 0.25) is 0 Å². The molecular weight excluding hydrogens is 432 g/mol. The Kier molecular flexibility index (Phi) is 8.91. The fourth-order valence-electron chi connectivity index (χ4n) is 3.74. The second-order valence-electron chi connectivity index (χ2n) is 7.50. The van der Waals surface area contributed by atoms with Gasteiger partial charge in [-0.1, -0.05) is 66.7 Å². The minimum absolute atomic E-state index is 0.217. The van der Waals surface area contributed by atoms with E-state index in [0.717, 1.165) is 16.7 Å². The fourth-order valence-corrected chi connectivity index (χ4v) is 3.74. The lowest BCUT2D eigenvalue weighted by Gasteiger charge is -2.33. The molecule has 1 N–H and O–H groups in total. The highest BCUT2D eigenvalue weighted by Crippen LogP contribution is 2.33. The molecule has 0 spiro atoms. The lowest BCUT2D eigenvalue weighted by molar-refractivity contribution is -0.141. The van der Waals surface area contributed by atoms with Crippen LogP contribution in [-0.4, -0.2) is 44.3 Å². The van der Waals surface area contributed by atoms with Crippen LogP contribution in [0.5, 0.6) is 11.5 Å². The van der Waals surface area contributed by atoms with Crippen LogP contribution in [0.3, 0.4) is 0 Å². The van der Waals surface area contributed by atoms with E-state index in [4.69, 9.17) is 14.2 Å². The van der Waals surface area contributed by atoms with Gasteiger partial charge in [0.15, 0.2) is 11.5 Å². The van der Waals surface area contributed by atoms with Crippen LogP contribution >= 0.6 is 0 Å². The zero-order chi connectivity index (χ0) is 24.3. The first kappa shape index (κ1) is 24.6. The van der Waals surface area contributed by atoms with Gasteiger partial charge in [-0.25, -0.2) is 4.79 Å². The van der Waals surface area contributed by atoms with Crippen LogP contribution < -0.4 is 14.8 Å². The summed E-state index contributed by atoms with van der Waals surface area (Å²) in [6.07, 6.45) is 0.